The number of hydrogen-bond acceptors (Lipinski definition) is 4. The van der Waals surface area contributed by atoms with Gasteiger partial charge >= 0.3 is 0 Å². The Hall–Kier alpha value is -2.96. The number of pyridine rings is 1. The molecule has 0 aliphatic carbocycles. The second kappa shape index (κ2) is 9.45. The number of aromatic nitrogens is 1. The molecule has 0 N–H and O–H groups in total. The van der Waals surface area contributed by atoms with Crippen LogP contribution in [0.4, 0.5) is 10.1 Å². The molecule has 31 heavy (non-hydrogen) atoms. The molecule has 1 aromatic heterocycles. The van der Waals surface area contributed by atoms with E-state index in [4.69, 9.17) is 0 Å². The summed E-state index contributed by atoms with van der Waals surface area (Å²) in [4.78, 5) is 35.9. The molecular formula is C24H29FN4O2. The zero-order chi connectivity index (χ0) is 21.8. The average molecular weight is 425 g/mol. The zero-order valence-electron chi connectivity index (χ0n) is 18.0. The number of piperidine rings is 1. The Labute approximate surface area is 182 Å². The summed E-state index contributed by atoms with van der Waals surface area (Å²) in [5.74, 6) is -0.345. The third-order valence-corrected chi connectivity index (χ3v) is 6.16. The number of benzene rings is 1. The molecule has 2 aromatic rings. The fourth-order valence-corrected chi connectivity index (χ4v) is 4.51. The van der Waals surface area contributed by atoms with Crippen LogP contribution in [0.5, 0.6) is 0 Å². The number of anilines is 1. The standard InChI is InChI=1S/C24H29FN4O2/c1-18-14-22(8-9-26-18)27-10-3-11-28(13-12-27)24(31)20-6-7-23(30)29(17-20)16-19-4-2-5-21(25)15-19/h2,4-5,8-9,14-15,20H,3,6-7,10-13,16-17H2,1H3. The number of likely N-dealkylation sites (tertiary alicyclic amines) is 1. The average Bonchev–Trinajstić information content (AvgIpc) is 3.01. The van der Waals surface area contributed by atoms with E-state index in [1.165, 1.54) is 12.1 Å². The Morgan fingerprint density at radius 3 is 2.84 bits per heavy atom. The highest BCUT2D eigenvalue weighted by Crippen LogP contribution is 2.23. The van der Waals surface area contributed by atoms with E-state index in [-0.39, 0.29) is 23.5 Å². The van der Waals surface area contributed by atoms with Gasteiger partial charge in [-0.25, -0.2) is 4.39 Å². The summed E-state index contributed by atoms with van der Waals surface area (Å²) in [5, 5.41) is 0. The third-order valence-electron chi connectivity index (χ3n) is 6.16. The highest BCUT2D eigenvalue weighted by atomic mass is 19.1. The van der Waals surface area contributed by atoms with Crippen LogP contribution in [-0.2, 0) is 16.1 Å². The third kappa shape index (κ3) is 5.21. The molecule has 0 spiro atoms. The lowest BCUT2D eigenvalue weighted by molar-refractivity contribution is -0.143. The zero-order valence-corrected chi connectivity index (χ0v) is 18.0. The largest absolute Gasteiger partial charge is 0.370 e. The monoisotopic (exact) mass is 424 g/mol. The fraction of sp³-hybridized carbons (Fsp3) is 0.458. The molecule has 7 heteroatoms. The minimum absolute atomic E-state index is 0.0309. The van der Waals surface area contributed by atoms with E-state index in [9.17, 15) is 14.0 Å². The molecule has 2 fully saturated rings. The number of hydrogen-bond donors (Lipinski definition) is 0. The molecule has 3 heterocycles. The van der Waals surface area contributed by atoms with E-state index in [2.05, 4.69) is 16.0 Å². The van der Waals surface area contributed by atoms with Gasteiger partial charge < -0.3 is 14.7 Å². The van der Waals surface area contributed by atoms with E-state index in [0.29, 0.717) is 32.5 Å². The second-order valence-electron chi connectivity index (χ2n) is 8.46. The van der Waals surface area contributed by atoms with Crippen molar-refractivity contribution in [3.05, 3.63) is 59.7 Å². The molecule has 2 saturated heterocycles. The van der Waals surface area contributed by atoms with E-state index in [1.54, 1.807) is 11.0 Å². The van der Waals surface area contributed by atoms with E-state index >= 15 is 0 Å². The Bertz CT molecular complexity index is 951. The van der Waals surface area contributed by atoms with Crippen LogP contribution < -0.4 is 4.90 Å². The van der Waals surface area contributed by atoms with Crippen molar-refractivity contribution >= 4 is 17.5 Å². The van der Waals surface area contributed by atoms with Crippen molar-refractivity contribution < 1.29 is 14.0 Å². The van der Waals surface area contributed by atoms with Crippen molar-refractivity contribution in [2.45, 2.75) is 32.7 Å². The summed E-state index contributed by atoms with van der Waals surface area (Å²) in [5.41, 5.74) is 2.88. The van der Waals surface area contributed by atoms with E-state index < -0.39 is 0 Å². The normalized spacial score (nSPS) is 20.0. The lowest BCUT2D eigenvalue weighted by atomic mass is 9.95. The molecule has 0 bridgehead atoms. The van der Waals surface area contributed by atoms with Crippen molar-refractivity contribution in [1.29, 1.82) is 0 Å². The van der Waals surface area contributed by atoms with Crippen molar-refractivity contribution in [3.8, 4) is 0 Å². The molecule has 1 unspecified atom stereocenters. The summed E-state index contributed by atoms with van der Waals surface area (Å²) in [6.45, 7) is 5.82. The minimum atomic E-state index is -0.312. The van der Waals surface area contributed by atoms with Gasteiger partial charge in [-0.05, 0) is 49.6 Å². The fourth-order valence-electron chi connectivity index (χ4n) is 4.51. The van der Waals surface area contributed by atoms with Gasteiger partial charge in [0.05, 0.1) is 5.92 Å². The summed E-state index contributed by atoms with van der Waals surface area (Å²) < 4.78 is 13.5. The molecule has 0 radical (unpaired) electrons. The number of carbonyl (C=O) groups is 2. The van der Waals surface area contributed by atoms with Crippen molar-refractivity contribution in [1.82, 2.24) is 14.8 Å². The number of rotatable bonds is 4. The van der Waals surface area contributed by atoms with E-state index in [0.717, 1.165) is 43.0 Å². The minimum Gasteiger partial charge on any atom is -0.370 e. The highest BCUT2D eigenvalue weighted by Gasteiger charge is 2.33. The topological polar surface area (TPSA) is 56.8 Å². The smallest absolute Gasteiger partial charge is 0.227 e. The molecular weight excluding hydrogens is 395 g/mol. The van der Waals surface area contributed by atoms with Crippen molar-refractivity contribution in [2.24, 2.45) is 5.92 Å². The Kier molecular flexibility index (Phi) is 6.49. The quantitative estimate of drug-likeness (QED) is 0.757. The summed E-state index contributed by atoms with van der Waals surface area (Å²) in [6.07, 6.45) is 3.68. The molecule has 2 aliphatic rings. The number of nitrogens with zero attached hydrogens (tertiary/aromatic N) is 4. The summed E-state index contributed by atoms with van der Waals surface area (Å²) in [7, 11) is 0. The van der Waals surface area contributed by atoms with Gasteiger partial charge in [0, 0.05) is 63.3 Å². The van der Waals surface area contributed by atoms with Crippen LogP contribution in [0.1, 0.15) is 30.5 Å². The lowest BCUT2D eigenvalue weighted by Gasteiger charge is -2.34. The first kappa shape index (κ1) is 21.3. The maximum absolute atomic E-state index is 13.5. The van der Waals surface area contributed by atoms with Crippen LogP contribution in [0.2, 0.25) is 0 Å². The van der Waals surface area contributed by atoms with Gasteiger partial charge in [-0.1, -0.05) is 12.1 Å². The maximum atomic E-state index is 13.5. The van der Waals surface area contributed by atoms with Crippen molar-refractivity contribution in [3.63, 3.8) is 0 Å². The predicted molar refractivity (Wildman–Crippen MR) is 117 cm³/mol. The number of carbonyl (C=O) groups excluding carboxylic acids is 2. The van der Waals surface area contributed by atoms with Crippen LogP contribution in [0, 0.1) is 18.7 Å². The predicted octanol–water partition coefficient (Wildman–Crippen LogP) is 3.01. The number of halogens is 1. The second-order valence-corrected chi connectivity index (χ2v) is 8.46. The first-order chi connectivity index (χ1) is 15.0. The van der Waals surface area contributed by atoms with Crippen LogP contribution >= 0.6 is 0 Å². The van der Waals surface area contributed by atoms with Crippen LogP contribution in [0.25, 0.3) is 0 Å². The first-order valence-electron chi connectivity index (χ1n) is 11.0. The lowest BCUT2D eigenvalue weighted by Crippen LogP contribution is -2.47. The van der Waals surface area contributed by atoms with E-state index in [1.807, 2.05) is 30.2 Å². The summed E-state index contributed by atoms with van der Waals surface area (Å²) >= 11 is 0. The van der Waals surface area contributed by atoms with Gasteiger partial charge in [-0.15, -0.1) is 0 Å². The van der Waals surface area contributed by atoms with Crippen LogP contribution in [-0.4, -0.2) is 59.3 Å². The molecule has 1 aromatic carbocycles. The number of aryl methyl sites for hydroxylation is 1. The number of amides is 2. The van der Waals surface area contributed by atoms with Gasteiger partial charge in [-0.3, -0.25) is 14.6 Å². The Morgan fingerprint density at radius 1 is 1.16 bits per heavy atom. The molecule has 4 rings (SSSR count). The molecule has 164 valence electrons. The van der Waals surface area contributed by atoms with Gasteiger partial charge in [0.1, 0.15) is 5.82 Å². The van der Waals surface area contributed by atoms with Gasteiger partial charge in [0.2, 0.25) is 11.8 Å². The SMILES string of the molecule is Cc1cc(N2CCCN(C(=O)C3CCC(=O)N(Cc4cccc(F)c4)C3)CC2)ccn1. The van der Waals surface area contributed by atoms with Crippen LogP contribution in [0.3, 0.4) is 0 Å². The van der Waals surface area contributed by atoms with Gasteiger partial charge in [0.15, 0.2) is 0 Å². The Balaban J connectivity index is 1.37. The molecule has 2 amide bonds. The first-order valence-corrected chi connectivity index (χ1v) is 11.0. The molecule has 2 aliphatic heterocycles. The van der Waals surface area contributed by atoms with Crippen molar-refractivity contribution in [2.75, 3.05) is 37.6 Å². The molecule has 6 nitrogen and oxygen atoms in total. The van der Waals surface area contributed by atoms with Gasteiger partial charge in [-0.2, -0.15) is 0 Å². The Morgan fingerprint density at radius 2 is 2.03 bits per heavy atom. The molecule has 1 atom stereocenters. The highest BCUT2D eigenvalue weighted by molar-refractivity contribution is 5.84. The maximum Gasteiger partial charge on any atom is 0.227 e. The summed E-state index contributed by atoms with van der Waals surface area (Å²) in [6, 6.07) is 10.4. The van der Waals surface area contributed by atoms with Crippen LogP contribution in [0.15, 0.2) is 42.6 Å². The van der Waals surface area contributed by atoms with Gasteiger partial charge in [0.25, 0.3) is 0 Å². The molecule has 0 saturated carbocycles.